The summed E-state index contributed by atoms with van der Waals surface area (Å²) in [6, 6.07) is 18.1. The van der Waals surface area contributed by atoms with E-state index in [-0.39, 0.29) is 11.7 Å². The molecule has 2 N–H and O–H groups in total. The van der Waals surface area contributed by atoms with E-state index in [1.807, 2.05) is 37.3 Å². The number of anilines is 3. The maximum atomic E-state index is 13.0. The van der Waals surface area contributed by atoms with Crippen LogP contribution in [-0.4, -0.2) is 18.5 Å². The van der Waals surface area contributed by atoms with Crippen molar-refractivity contribution in [2.45, 2.75) is 16.7 Å². The minimum atomic E-state index is -0.449. The molecule has 0 aliphatic carbocycles. The Bertz CT molecular complexity index is 1090. The number of benzene rings is 3. The average Bonchev–Trinajstić information content (AvgIpc) is 2.83. The van der Waals surface area contributed by atoms with Gasteiger partial charge in [0.15, 0.2) is 0 Å². The van der Waals surface area contributed by atoms with Crippen molar-refractivity contribution in [1.29, 1.82) is 0 Å². The van der Waals surface area contributed by atoms with Crippen LogP contribution in [0.4, 0.5) is 26.2 Å². The fourth-order valence-electron chi connectivity index (χ4n) is 3.14. The summed E-state index contributed by atoms with van der Waals surface area (Å²) in [4.78, 5) is 28.9. The topological polar surface area (TPSA) is 61.4 Å². The van der Waals surface area contributed by atoms with Crippen molar-refractivity contribution in [2.75, 3.05) is 22.1 Å². The number of urea groups is 1. The summed E-state index contributed by atoms with van der Waals surface area (Å²) in [7, 11) is 0. The predicted octanol–water partition coefficient (Wildman–Crippen LogP) is 5.60. The summed E-state index contributed by atoms with van der Waals surface area (Å²) in [5.41, 5.74) is 2.45. The van der Waals surface area contributed by atoms with Gasteiger partial charge in [-0.1, -0.05) is 23.9 Å². The van der Waals surface area contributed by atoms with Gasteiger partial charge in [0.2, 0.25) is 0 Å². The maximum absolute atomic E-state index is 13.0. The highest BCUT2D eigenvalue weighted by atomic mass is 32.2. The molecule has 1 aliphatic heterocycles. The minimum absolute atomic E-state index is 0.0673. The third-order valence-corrected chi connectivity index (χ3v) is 5.65. The zero-order valence-corrected chi connectivity index (χ0v) is 16.4. The van der Waals surface area contributed by atoms with E-state index < -0.39 is 6.03 Å². The molecule has 0 aromatic heterocycles. The molecule has 4 rings (SSSR count). The maximum Gasteiger partial charge on any atom is 0.323 e. The first kappa shape index (κ1) is 19.0. The molecule has 7 heteroatoms. The predicted molar refractivity (Wildman–Crippen MR) is 113 cm³/mol. The third-order valence-electron chi connectivity index (χ3n) is 4.51. The molecular formula is C22H18FN3O2S. The summed E-state index contributed by atoms with van der Waals surface area (Å²) in [6.07, 6.45) is 0. The fraction of sp³-hybridized carbons (Fsp3) is 0.0909. The number of rotatable bonds is 3. The first-order valence-corrected chi connectivity index (χ1v) is 9.93. The van der Waals surface area contributed by atoms with E-state index in [1.54, 1.807) is 17.0 Å². The normalized spacial score (nSPS) is 12.6. The standard InChI is InChI=1S/C22H18FN3O2S/c1-2-26-18-13-16(25-22(28)24-15-9-7-14(23)8-10-15)11-12-20(18)29-19-6-4-3-5-17(19)21(26)27/h3-13H,2H2,1H3,(H2,24,25,28). The van der Waals surface area contributed by atoms with Crippen LogP contribution < -0.4 is 15.5 Å². The molecule has 1 heterocycles. The van der Waals surface area contributed by atoms with Gasteiger partial charge in [0.1, 0.15) is 5.82 Å². The molecular weight excluding hydrogens is 389 g/mol. The second kappa shape index (κ2) is 7.97. The molecule has 0 radical (unpaired) electrons. The monoisotopic (exact) mass is 407 g/mol. The Labute approximate surface area is 171 Å². The molecule has 0 fully saturated rings. The number of carbonyl (C=O) groups excluding carboxylic acids is 2. The molecule has 29 heavy (non-hydrogen) atoms. The van der Waals surface area contributed by atoms with Crippen molar-refractivity contribution in [3.05, 3.63) is 78.1 Å². The van der Waals surface area contributed by atoms with Crippen molar-refractivity contribution in [3.63, 3.8) is 0 Å². The van der Waals surface area contributed by atoms with E-state index in [0.717, 1.165) is 15.5 Å². The van der Waals surface area contributed by atoms with Gasteiger partial charge in [0.05, 0.1) is 11.3 Å². The summed E-state index contributed by atoms with van der Waals surface area (Å²) < 4.78 is 13.0. The Balaban J connectivity index is 1.59. The average molecular weight is 407 g/mol. The summed E-state index contributed by atoms with van der Waals surface area (Å²) >= 11 is 1.53. The summed E-state index contributed by atoms with van der Waals surface area (Å²) in [6.45, 7) is 2.42. The van der Waals surface area contributed by atoms with Crippen LogP contribution in [0.15, 0.2) is 76.5 Å². The molecule has 3 aromatic rings. The lowest BCUT2D eigenvalue weighted by Crippen LogP contribution is -2.30. The van der Waals surface area contributed by atoms with Gasteiger partial charge in [0.25, 0.3) is 5.91 Å². The number of halogens is 1. The van der Waals surface area contributed by atoms with Gasteiger partial charge >= 0.3 is 6.03 Å². The molecule has 1 aliphatic rings. The highest BCUT2D eigenvalue weighted by molar-refractivity contribution is 7.99. The van der Waals surface area contributed by atoms with E-state index in [1.165, 1.54) is 36.0 Å². The van der Waals surface area contributed by atoms with Crippen molar-refractivity contribution in [3.8, 4) is 0 Å². The minimum Gasteiger partial charge on any atom is -0.308 e. The van der Waals surface area contributed by atoms with E-state index in [9.17, 15) is 14.0 Å². The van der Waals surface area contributed by atoms with Gasteiger partial charge in [-0.25, -0.2) is 9.18 Å². The molecule has 0 bridgehead atoms. The van der Waals surface area contributed by atoms with Gasteiger partial charge in [-0.2, -0.15) is 0 Å². The van der Waals surface area contributed by atoms with Crippen LogP contribution in [0, 0.1) is 5.82 Å². The number of nitrogens with one attached hydrogen (secondary N) is 2. The fourth-order valence-corrected chi connectivity index (χ4v) is 4.20. The van der Waals surface area contributed by atoms with Gasteiger partial charge in [-0.05, 0) is 61.5 Å². The van der Waals surface area contributed by atoms with E-state index in [0.29, 0.717) is 23.5 Å². The first-order valence-electron chi connectivity index (χ1n) is 9.11. The van der Waals surface area contributed by atoms with Crippen LogP contribution in [0.25, 0.3) is 0 Å². The van der Waals surface area contributed by atoms with E-state index in [2.05, 4.69) is 10.6 Å². The number of nitrogens with zero attached hydrogens (tertiary/aromatic N) is 1. The summed E-state index contributed by atoms with van der Waals surface area (Å²) in [5.74, 6) is -0.438. The molecule has 3 aromatic carbocycles. The van der Waals surface area contributed by atoms with Crippen LogP contribution in [0.1, 0.15) is 17.3 Å². The zero-order chi connectivity index (χ0) is 20.4. The number of fused-ring (bicyclic) bond motifs is 2. The van der Waals surface area contributed by atoms with Gasteiger partial charge in [0, 0.05) is 27.7 Å². The quantitative estimate of drug-likeness (QED) is 0.594. The Morgan fingerprint density at radius 2 is 1.66 bits per heavy atom. The smallest absolute Gasteiger partial charge is 0.308 e. The second-order valence-electron chi connectivity index (χ2n) is 6.42. The number of hydrogen-bond donors (Lipinski definition) is 2. The lowest BCUT2D eigenvalue weighted by atomic mass is 10.1. The lowest BCUT2D eigenvalue weighted by molar-refractivity contribution is 0.0985. The van der Waals surface area contributed by atoms with Gasteiger partial charge in [-0.3, -0.25) is 4.79 Å². The highest BCUT2D eigenvalue weighted by Gasteiger charge is 2.26. The van der Waals surface area contributed by atoms with Gasteiger partial charge in [-0.15, -0.1) is 0 Å². The molecule has 0 atom stereocenters. The number of carbonyl (C=O) groups is 2. The SMILES string of the molecule is CCN1C(=O)c2ccccc2Sc2ccc(NC(=O)Nc3ccc(F)cc3)cc21. The van der Waals surface area contributed by atoms with E-state index >= 15 is 0 Å². The molecule has 0 saturated carbocycles. The zero-order valence-electron chi connectivity index (χ0n) is 15.6. The Kier molecular flexibility index (Phi) is 5.22. The Hall–Kier alpha value is -3.32. The van der Waals surface area contributed by atoms with Crippen molar-refractivity contribution >= 4 is 40.8 Å². The summed E-state index contributed by atoms with van der Waals surface area (Å²) in [5, 5.41) is 5.42. The first-order chi connectivity index (χ1) is 14.0. The largest absolute Gasteiger partial charge is 0.323 e. The van der Waals surface area contributed by atoms with Gasteiger partial charge < -0.3 is 15.5 Å². The van der Waals surface area contributed by atoms with Crippen LogP contribution in [0.5, 0.6) is 0 Å². The molecule has 3 amide bonds. The van der Waals surface area contributed by atoms with Crippen LogP contribution >= 0.6 is 11.8 Å². The van der Waals surface area contributed by atoms with Crippen molar-refractivity contribution in [1.82, 2.24) is 0 Å². The second-order valence-corrected chi connectivity index (χ2v) is 7.50. The van der Waals surface area contributed by atoms with E-state index in [4.69, 9.17) is 0 Å². The molecule has 146 valence electrons. The third kappa shape index (κ3) is 3.95. The molecule has 5 nitrogen and oxygen atoms in total. The van der Waals surface area contributed by atoms with Crippen LogP contribution in [0.2, 0.25) is 0 Å². The lowest BCUT2D eigenvalue weighted by Gasteiger charge is -2.22. The molecule has 0 saturated heterocycles. The van der Waals surface area contributed by atoms with Crippen LogP contribution in [0.3, 0.4) is 0 Å². The molecule has 0 unspecified atom stereocenters. The van der Waals surface area contributed by atoms with Crippen molar-refractivity contribution in [2.24, 2.45) is 0 Å². The van der Waals surface area contributed by atoms with Crippen LogP contribution in [-0.2, 0) is 0 Å². The Morgan fingerprint density at radius 3 is 2.41 bits per heavy atom. The molecule has 0 spiro atoms. The Morgan fingerprint density at radius 1 is 0.966 bits per heavy atom. The number of hydrogen-bond acceptors (Lipinski definition) is 3. The number of amides is 3. The highest BCUT2D eigenvalue weighted by Crippen LogP contribution is 2.42. The van der Waals surface area contributed by atoms with Crippen molar-refractivity contribution < 1.29 is 14.0 Å².